The lowest BCUT2D eigenvalue weighted by molar-refractivity contribution is 0.0193. The summed E-state index contributed by atoms with van der Waals surface area (Å²) in [6.07, 6.45) is 2.82. The Labute approximate surface area is 133 Å². The van der Waals surface area contributed by atoms with E-state index >= 15 is 0 Å². The van der Waals surface area contributed by atoms with Gasteiger partial charge in [-0.3, -0.25) is 0 Å². The first-order valence-electron chi connectivity index (χ1n) is 8.07. The van der Waals surface area contributed by atoms with Gasteiger partial charge in [-0.05, 0) is 45.6 Å². The van der Waals surface area contributed by atoms with Gasteiger partial charge in [-0.1, -0.05) is 30.3 Å². The van der Waals surface area contributed by atoms with E-state index in [1.54, 1.807) is 4.90 Å². The van der Waals surface area contributed by atoms with Crippen molar-refractivity contribution in [1.29, 1.82) is 0 Å². The molecule has 0 N–H and O–H groups in total. The van der Waals surface area contributed by atoms with Crippen molar-refractivity contribution >= 4 is 6.09 Å². The highest BCUT2D eigenvalue weighted by Gasteiger charge is 2.25. The molecule has 0 aromatic heterocycles. The third kappa shape index (κ3) is 5.68. The minimum atomic E-state index is -0.438. The molecule has 1 fully saturated rings. The zero-order valence-corrected chi connectivity index (χ0v) is 13.9. The maximum Gasteiger partial charge on any atom is 0.410 e. The van der Waals surface area contributed by atoms with Gasteiger partial charge in [0.05, 0.1) is 12.7 Å². The van der Waals surface area contributed by atoms with Crippen molar-refractivity contribution in [3.05, 3.63) is 35.9 Å². The molecule has 0 aliphatic carbocycles. The molecule has 0 radical (unpaired) electrons. The number of ether oxygens (including phenoxy) is 2. The highest BCUT2D eigenvalue weighted by Crippen LogP contribution is 2.18. The number of hydrogen-bond acceptors (Lipinski definition) is 3. The molecule has 22 heavy (non-hydrogen) atoms. The summed E-state index contributed by atoms with van der Waals surface area (Å²) in [7, 11) is 0. The fourth-order valence-corrected chi connectivity index (χ4v) is 2.53. The molecule has 1 heterocycles. The minimum absolute atomic E-state index is 0.212. The number of hydrogen-bond donors (Lipinski definition) is 0. The molecule has 1 amide bonds. The van der Waals surface area contributed by atoms with Gasteiger partial charge in [0.15, 0.2) is 0 Å². The summed E-state index contributed by atoms with van der Waals surface area (Å²) in [6.45, 7) is 7.78. The van der Waals surface area contributed by atoms with Gasteiger partial charge in [-0.25, -0.2) is 4.79 Å². The molecule has 1 aliphatic heterocycles. The van der Waals surface area contributed by atoms with Crippen LogP contribution in [0.2, 0.25) is 0 Å². The van der Waals surface area contributed by atoms with Crippen LogP contribution >= 0.6 is 0 Å². The van der Waals surface area contributed by atoms with Crippen LogP contribution in [0.4, 0.5) is 4.79 Å². The predicted octanol–water partition coefficient (Wildman–Crippen LogP) is 3.99. The summed E-state index contributed by atoms with van der Waals surface area (Å²) in [5.41, 5.74) is 0.753. The van der Waals surface area contributed by atoms with Gasteiger partial charge in [0, 0.05) is 13.1 Å². The van der Waals surface area contributed by atoms with Crippen molar-refractivity contribution in [2.75, 3.05) is 13.1 Å². The van der Waals surface area contributed by atoms with Crippen molar-refractivity contribution in [2.24, 2.45) is 0 Å². The van der Waals surface area contributed by atoms with E-state index in [9.17, 15) is 4.79 Å². The number of likely N-dealkylation sites (tertiary alicyclic amines) is 1. The average Bonchev–Trinajstić information content (AvgIpc) is 2.70. The van der Waals surface area contributed by atoms with Crippen LogP contribution in [0.5, 0.6) is 0 Å². The second-order valence-corrected chi connectivity index (χ2v) is 6.82. The molecule has 0 bridgehead atoms. The summed E-state index contributed by atoms with van der Waals surface area (Å²) in [6, 6.07) is 10.2. The van der Waals surface area contributed by atoms with Crippen molar-refractivity contribution < 1.29 is 14.3 Å². The third-order valence-electron chi connectivity index (χ3n) is 3.66. The first-order chi connectivity index (χ1) is 10.4. The van der Waals surface area contributed by atoms with Gasteiger partial charge < -0.3 is 14.4 Å². The van der Waals surface area contributed by atoms with E-state index in [4.69, 9.17) is 9.47 Å². The largest absolute Gasteiger partial charge is 0.444 e. The van der Waals surface area contributed by atoms with Crippen molar-refractivity contribution in [3.63, 3.8) is 0 Å². The van der Waals surface area contributed by atoms with Crippen molar-refractivity contribution in [3.8, 4) is 0 Å². The highest BCUT2D eigenvalue weighted by molar-refractivity contribution is 5.68. The van der Waals surface area contributed by atoms with Gasteiger partial charge in [0.2, 0.25) is 0 Å². The van der Waals surface area contributed by atoms with Crippen LogP contribution in [0.3, 0.4) is 0 Å². The Hall–Kier alpha value is -1.55. The summed E-state index contributed by atoms with van der Waals surface area (Å²) >= 11 is 0. The zero-order chi connectivity index (χ0) is 16.0. The van der Waals surface area contributed by atoms with Gasteiger partial charge in [-0.2, -0.15) is 0 Å². The molecule has 4 heteroatoms. The Morgan fingerprint density at radius 3 is 2.59 bits per heavy atom. The van der Waals surface area contributed by atoms with Crippen LogP contribution in [-0.4, -0.2) is 35.8 Å². The van der Waals surface area contributed by atoms with E-state index in [0.29, 0.717) is 13.2 Å². The Morgan fingerprint density at radius 2 is 1.91 bits per heavy atom. The average molecular weight is 305 g/mol. The van der Waals surface area contributed by atoms with E-state index in [-0.39, 0.29) is 12.2 Å². The molecule has 2 rings (SSSR count). The van der Waals surface area contributed by atoms with E-state index in [2.05, 4.69) is 12.1 Å². The van der Waals surface area contributed by atoms with Crippen molar-refractivity contribution in [1.82, 2.24) is 4.90 Å². The zero-order valence-electron chi connectivity index (χ0n) is 13.9. The Bertz CT molecular complexity index is 467. The second kappa shape index (κ2) is 7.63. The lowest BCUT2D eigenvalue weighted by atomic mass is 10.1. The van der Waals surface area contributed by atoms with Gasteiger partial charge in [0.25, 0.3) is 0 Å². The van der Waals surface area contributed by atoms with Crippen LogP contribution in [0, 0.1) is 0 Å². The van der Waals surface area contributed by atoms with E-state index in [1.165, 1.54) is 5.56 Å². The lowest BCUT2D eigenvalue weighted by Gasteiger charge is -2.26. The second-order valence-electron chi connectivity index (χ2n) is 6.82. The summed E-state index contributed by atoms with van der Waals surface area (Å²) in [5.74, 6) is 0. The first kappa shape index (κ1) is 16.8. The fourth-order valence-electron chi connectivity index (χ4n) is 2.53. The highest BCUT2D eigenvalue weighted by atomic mass is 16.6. The molecule has 1 aromatic carbocycles. The minimum Gasteiger partial charge on any atom is -0.444 e. The first-order valence-corrected chi connectivity index (χ1v) is 8.07. The molecule has 122 valence electrons. The molecule has 0 unspecified atom stereocenters. The molecule has 1 aromatic rings. The quantitative estimate of drug-likeness (QED) is 0.847. The van der Waals surface area contributed by atoms with Crippen molar-refractivity contribution in [2.45, 2.75) is 58.3 Å². The number of benzene rings is 1. The van der Waals surface area contributed by atoms with E-state index in [1.807, 2.05) is 39.0 Å². The van der Waals surface area contributed by atoms with Crippen LogP contribution in [-0.2, 0) is 16.1 Å². The number of nitrogens with zero attached hydrogens (tertiary/aromatic N) is 1. The van der Waals surface area contributed by atoms with E-state index in [0.717, 1.165) is 25.8 Å². The molecule has 0 spiro atoms. The topological polar surface area (TPSA) is 38.8 Å². The smallest absolute Gasteiger partial charge is 0.410 e. The lowest BCUT2D eigenvalue weighted by Crippen LogP contribution is -2.37. The van der Waals surface area contributed by atoms with E-state index < -0.39 is 5.60 Å². The fraction of sp³-hybridized carbons (Fsp3) is 0.611. The Kier molecular flexibility index (Phi) is 5.83. The summed E-state index contributed by atoms with van der Waals surface area (Å²) < 4.78 is 11.4. The van der Waals surface area contributed by atoms with Gasteiger partial charge >= 0.3 is 6.09 Å². The molecule has 1 aliphatic rings. The van der Waals surface area contributed by atoms with Gasteiger partial charge in [0.1, 0.15) is 5.60 Å². The van der Waals surface area contributed by atoms with Gasteiger partial charge in [-0.15, -0.1) is 0 Å². The third-order valence-corrected chi connectivity index (χ3v) is 3.66. The number of amides is 1. The number of carbonyl (C=O) groups excluding carboxylic acids is 1. The van der Waals surface area contributed by atoms with Crippen LogP contribution in [0.1, 0.15) is 45.6 Å². The summed E-state index contributed by atoms with van der Waals surface area (Å²) in [5, 5.41) is 0. The normalized spacial score (nSPS) is 19.6. The molecular weight excluding hydrogens is 278 g/mol. The molecule has 4 nitrogen and oxygen atoms in total. The number of rotatable bonds is 3. The number of carbonyl (C=O) groups is 1. The molecule has 1 saturated heterocycles. The Morgan fingerprint density at radius 1 is 1.18 bits per heavy atom. The predicted molar refractivity (Wildman–Crippen MR) is 86.7 cm³/mol. The Balaban J connectivity index is 1.78. The standard InChI is InChI=1S/C18H27NO3/c1-18(2,3)22-17(20)19-12-7-10-16(11-13-19)21-14-15-8-5-4-6-9-15/h4-6,8-9,16H,7,10-14H2,1-3H3/t16-/m1/s1. The maximum atomic E-state index is 12.1. The van der Waals surface area contributed by atoms with Crippen LogP contribution < -0.4 is 0 Å². The van der Waals surface area contributed by atoms with Crippen LogP contribution in [0.25, 0.3) is 0 Å². The molecule has 1 atom stereocenters. The van der Waals surface area contributed by atoms with Crippen LogP contribution in [0.15, 0.2) is 30.3 Å². The summed E-state index contributed by atoms with van der Waals surface area (Å²) in [4.78, 5) is 13.9. The monoisotopic (exact) mass is 305 g/mol. The molecular formula is C18H27NO3. The SMILES string of the molecule is CC(C)(C)OC(=O)N1CCC[C@@H](OCc2ccccc2)CC1. The maximum absolute atomic E-state index is 12.1. The molecule has 0 saturated carbocycles.